The van der Waals surface area contributed by atoms with E-state index in [4.69, 9.17) is 4.42 Å². The normalized spacial score (nSPS) is 12.0. The second-order valence-corrected chi connectivity index (χ2v) is 6.50. The number of hydrogen-bond acceptors (Lipinski definition) is 4. The Labute approximate surface area is 149 Å². The predicted octanol–water partition coefficient (Wildman–Crippen LogP) is 4.79. The van der Waals surface area contributed by atoms with E-state index in [9.17, 15) is 18.0 Å². The zero-order valence-corrected chi connectivity index (χ0v) is 14.0. The van der Waals surface area contributed by atoms with Crippen LogP contribution >= 0.6 is 11.3 Å². The molecule has 0 saturated heterocycles. The van der Waals surface area contributed by atoms with Gasteiger partial charge in [-0.1, -0.05) is 24.3 Å². The molecule has 4 nitrogen and oxygen atoms in total. The van der Waals surface area contributed by atoms with Gasteiger partial charge in [0, 0.05) is 10.9 Å². The maximum atomic E-state index is 12.6. The second kappa shape index (κ2) is 6.14. The first-order valence-corrected chi connectivity index (χ1v) is 8.50. The highest BCUT2D eigenvalue weighted by Gasteiger charge is 2.30. The molecule has 0 saturated carbocycles. The Morgan fingerprint density at radius 3 is 2.54 bits per heavy atom. The van der Waals surface area contributed by atoms with E-state index in [1.54, 1.807) is 23.6 Å². The summed E-state index contributed by atoms with van der Waals surface area (Å²) in [7, 11) is 0. The fraction of sp³-hybridized carbons (Fsp3) is 0.111. The highest BCUT2D eigenvalue weighted by molar-refractivity contribution is 7.13. The van der Waals surface area contributed by atoms with E-state index in [0.29, 0.717) is 27.4 Å². The number of halogens is 3. The predicted molar refractivity (Wildman–Crippen MR) is 92.1 cm³/mol. The number of oxazole rings is 1. The van der Waals surface area contributed by atoms with Crippen LogP contribution in [0.15, 0.2) is 63.1 Å². The summed E-state index contributed by atoms with van der Waals surface area (Å²) in [6, 6.07) is 11.9. The van der Waals surface area contributed by atoms with Crippen molar-refractivity contribution in [3.05, 3.63) is 75.7 Å². The third kappa shape index (κ3) is 3.03. The van der Waals surface area contributed by atoms with E-state index in [-0.39, 0.29) is 6.54 Å². The van der Waals surface area contributed by atoms with Crippen LogP contribution in [0.4, 0.5) is 13.2 Å². The van der Waals surface area contributed by atoms with Gasteiger partial charge in [0.15, 0.2) is 5.58 Å². The molecule has 0 atom stereocenters. The Kier molecular flexibility index (Phi) is 3.91. The van der Waals surface area contributed by atoms with Gasteiger partial charge in [0.05, 0.1) is 23.3 Å². The van der Waals surface area contributed by atoms with Crippen molar-refractivity contribution in [2.75, 3.05) is 0 Å². The molecule has 0 unspecified atom stereocenters. The first-order valence-electron chi connectivity index (χ1n) is 7.62. The third-order valence-electron chi connectivity index (χ3n) is 3.90. The number of rotatable bonds is 3. The summed E-state index contributed by atoms with van der Waals surface area (Å²) in [6.45, 7) is 0.229. The number of alkyl halides is 3. The molecule has 0 N–H and O–H groups in total. The SMILES string of the molecule is O=c1oc2ccccc2n1Cc1csc(-c2ccc(C(F)(F)F)cc2)n1. The Morgan fingerprint density at radius 2 is 1.81 bits per heavy atom. The molecular weight excluding hydrogens is 365 g/mol. The minimum absolute atomic E-state index is 0.229. The summed E-state index contributed by atoms with van der Waals surface area (Å²) in [4.78, 5) is 16.4. The van der Waals surface area contributed by atoms with E-state index >= 15 is 0 Å². The van der Waals surface area contributed by atoms with Gasteiger partial charge in [0.1, 0.15) is 5.01 Å². The molecule has 0 spiro atoms. The second-order valence-electron chi connectivity index (χ2n) is 5.64. The average Bonchev–Trinajstić information content (AvgIpc) is 3.20. The Bertz CT molecular complexity index is 1120. The van der Waals surface area contributed by atoms with Crippen molar-refractivity contribution in [3.63, 3.8) is 0 Å². The van der Waals surface area contributed by atoms with Crippen LogP contribution < -0.4 is 5.76 Å². The van der Waals surface area contributed by atoms with Crippen LogP contribution in [0.2, 0.25) is 0 Å². The molecule has 0 aliphatic heterocycles. The number of fused-ring (bicyclic) bond motifs is 1. The largest absolute Gasteiger partial charge is 0.420 e. The van der Waals surface area contributed by atoms with Crippen molar-refractivity contribution < 1.29 is 17.6 Å². The van der Waals surface area contributed by atoms with Crippen LogP contribution in [0, 0.1) is 0 Å². The molecule has 2 heterocycles. The van der Waals surface area contributed by atoms with Gasteiger partial charge in [0.2, 0.25) is 0 Å². The minimum atomic E-state index is -4.37. The smallest absolute Gasteiger partial charge is 0.408 e. The molecule has 2 aromatic carbocycles. The molecule has 26 heavy (non-hydrogen) atoms. The van der Waals surface area contributed by atoms with Gasteiger partial charge in [-0.05, 0) is 24.3 Å². The first-order chi connectivity index (χ1) is 12.4. The van der Waals surface area contributed by atoms with E-state index in [1.807, 2.05) is 6.07 Å². The van der Waals surface area contributed by atoms with E-state index in [2.05, 4.69) is 4.98 Å². The average molecular weight is 376 g/mol. The van der Waals surface area contributed by atoms with Crippen molar-refractivity contribution >= 4 is 22.4 Å². The molecule has 8 heteroatoms. The molecule has 0 amide bonds. The molecule has 132 valence electrons. The molecule has 0 aliphatic carbocycles. The Balaban J connectivity index is 1.62. The molecule has 2 aromatic heterocycles. The summed E-state index contributed by atoms with van der Waals surface area (Å²) in [5.74, 6) is -0.477. The lowest BCUT2D eigenvalue weighted by Gasteiger charge is -2.06. The summed E-state index contributed by atoms with van der Waals surface area (Å²) in [6.07, 6.45) is -4.37. The molecular formula is C18H11F3N2O2S. The number of aromatic nitrogens is 2. The summed E-state index contributed by atoms with van der Waals surface area (Å²) in [5.41, 5.74) is 1.70. The topological polar surface area (TPSA) is 48.0 Å². The number of nitrogens with zero attached hydrogens (tertiary/aromatic N) is 2. The lowest BCUT2D eigenvalue weighted by molar-refractivity contribution is -0.137. The van der Waals surface area contributed by atoms with Crippen LogP contribution in [-0.4, -0.2) is 9.55 Å². The number of para-hydroxylation sites is 2. The fourth-order valence-electron chi connectivity index (χ4n) is 2.64. The first kappa shape index (κ1) is 16.6. The lowest BCUT2D eigenvalue weighted by Crippen LogP contribution is -2.14. The van der Waals surface area contributed by atoms with Gasteiger partial charge in [-0.25, -0.2) is 9.78 Å². The number of benzene rings is 2. The molecule has 0 bridgehead atoms. The third-order valence-corrected chi connectivity index (χ3v) is 4.84. The zero-order chi connectivity index (χ0) is 18.3. The molecule has 0 radical (unpaired) electrons. The summed E-state index contributed by atoms with van der Waals surface area (Å²) in [5, 5.41) is 2.37. The van der Waals surface area contributed by atoms with Crippen LogP contribution in [0.25, 0.3) is 21.7 Å². The van der Waals surface area contributed by atoms with E-state index in [0.717, 1.165) is 12.1 Å². The number of hydrogen-bond donors (Lipinski definition) is 0. The van der Waals surface area contributed by atoms with Gasteiger partial charge < -0.3 is 4.42 Å². The monoisotopic (exact) mass is 376 g/mol. The standard InChI is InChI=1S/C18H11F3N2O2S/c19-18(20,21)12-7-5-11(6-8-12)16-22-13(10-26-16)9-23-14-3-1-2-4-15(14)25-17(23)24/h1-8,10H,9H2. The van der Waals surface area contributed by atoms with Crippen molar-refractivity contribution in [1.29, 1.82) is 0 Å². The number of thiazole rings is 1. The van der Waals surface area contributed by atoms with Gasteiger partial charge in [-0.2, -0.15) is 13.2 Å². The summed E-state index contributed by atoms with van der Waals surface area (Å²) >= 11 is 1.31. The fourth-order valence-corrected chi connectivity index (χ4v) is 3.46. The quantitative estimate of drug-likeness (QED) is 0.517. The molecule has 0 fully saturated rings. The lowest BCUT2D eigenvalue weighted by atomic mass is 10.1. The van der Waals surface area contributed by atoms with Gasteiger partial charge in [-0.15, -0.1) is 11.3 Å². The van der Waals surface area contributed by atoms with Crippen LogP contribution in [0.3, 0.4) is 0 Å². The zero-order valence-electron chi connectivity index (χ0n) is 13.2. The van der Waals surface area contributed by atoms with Crippen LogP contribution in [0.5, 0.6) is 0 Å². The molecule has 4 aromatic rings. The maximum absolute atomic E-state index is 12.6. The van der Waals surface area contributed by atoms with Crippen molar-refractivity contribution in [3.8, 4) is 10.6 Å². The van der Waals surface area contributed by atoms with Crippen LogP contribution in [0.1, 0.15) is 11.3 Å². The van der Waals surface area contributed by atoms with Gasteiger partial charge in [-0.3, -0.25) is 4.57 Å². The minimum Gasteiger partial charge on any atom is -0.408 e. The highest BCUT2D eigenvalue weighted by atomic mass is 32.1. The Morgan fingerprint density at radius 1 is 1.08 bits per heavy atom. The van der Waals surface area contributed by atoms with E-state index in [1.165, 1.54) is 28.0 Å². The summed E-state index contributed by atoms with van der Waals surface area (Å²) < 4.78 is 44.6. The van der Waals surface area contributed by atoms with Crippen LogP contribution in [-0.2, 0) is 12.7 Å². The molecule has 0 aliphatic rings. The van der Waals surface area contributed by atoms with Crippen molar-refractivity contribution in [1.82, 2.24) is 9.55 Å². The van der Waals surface area contributed by atoms with Gasteiger partial charge in [0.25, 0.3) is 0 Å². The highest BCUT2D eigenvalue weighted by Crippen LogP contribution is 2.31. The van der Waals surface area contributed by atoms with Gasteiger partial charge >= 0.3 is 11.9 Å². The Hall–Kier alpha value is -2.87. The van der Waals surface area contributed by atoms with E-state index < -0.39 is 17.5 Å². The maximum Gasteiger partial charge on any atom is 0.420 e. The molecule has 4 rings (SSSR count). The van der Waals surface area contributed by atoms with Crippen molar-refractivity contribution in [2.24, 2.45) is 0 Å². The van der Waals surface area contributed by atoms with Crippen molar-refractivity contribution in [2.45, 2.75) is 12.7 Å².